The van der Waals surface area contributed by atoms with Crippen LogP contribution in [0.15, 0.2) is 52.9 Å². The number of nitrogens with one attached hydrogen (secondary N) is 2. The second-order valence-electron chi connectivity index (χ2n) is 6.36. The first-order valence-corrected chi connectivity index (χ1v) is 10.7. The lowest BCUT2D eigenvalue weighted by atomic mass is 10.2. The average molecular weight is 430 g/mol. The van der Waals surface area contributed by atoms with Crippen molar-refractivity contribution < 1.29 is 9.53 Å². The molecule has 0 saturated carbocycles. The number of rotatable bonds is 9. The molecule has 0 atom stereocenters. The third-order valence-electron chi connectivity index (χ3n) is 4.00. The molecule has 3 aromatic rings. The quantitative estimate of drug-likeness (QED) is 0.501. The number of hydrogen-bond donors (Lipinski definition) is 2. The first-order chi connectivity index (χ1) is 14.0. The number of ether oxygens (including phenoxy) is 1. The molecule has 9 heteroatoms. The first kappa shape index (κ1) is 20.9. The summed E-state index contributed by atoms with van der Waals surface area (Å²) < 4.78 is 5.95. The van der Waals surface area contributed by atoms with E-state index < -0.39 is 0 Å². The van der Waals surface area contributed by atoms with E-state index in [0.717, 1.165) is 27.0 Å². The van der Waals surface area contributed by atoms with E-state index in [1.807, 2.05) is 67.5 Å². The molecule has 2 N–H and O–H groups in total. The lowest BCUT2D eigenvalue weighted by Gasteiger charge is -2.12. The van der Waals surface area contributed by atoms with Crippen LogP contribution in [-0.4, -0.2) is 43.1 Å². The third-order valence-corrected chi connectivity index (χ3v) is 5.97. The Labute approximate surface area is 178 Å². The zero-order valence-corrected chi connectivity index (χ0v) is 18.1. The molecule has 0 unspecified atom stereocenters. The van der Waals surface area contributed by atoms with Crippen LogP contribution in [0.3, 0.4) is 0 Å². The van der Waals surface area contributed by atoms with E-state index >= 15 is 0 Å². The summed E-state index contributed by atoms with van der Waals surface area (Å²) in [5.41, 5.74) is 3.06. The Morgan fingerprint density at radius 2 is 1.97 bits per heavy atom. The van der Waals surface area contributed by atoms with Gasteiger partial charge in [0.25, 0.3) is 0 Å². The number of aromatic nitrogens is 2. The van der Waals surface area contributed by atoms with Crippen LogP contribution in [0.1, 0.15) is 5.56 Å². The highest BCUT2D eigenvalue weighted by atomic mass is 32.2. The number of hydrogen-bond acceptors (Lipinski definition) is 8. The SMILES string of the molecule is COc1cccc(Nc2nnc(SCC(=O)NCc3ccc(N(C)C)cc3)s2)c1. The van der Waals surface area contributed by atoms with Crippen molar-refractivity contribution in [3.8, 4) is 5.75 Å². The Bertz CT molecular complexity index is 944. The van der Waals surface area contributed by atoms with Crippen molar-refractivity contribution >= 4 is 45.5 Å². The van der Waals surface area contributed by atoms with E-state index in [4.69, 9.17) is 4.74 Å². The molecular weight excluding hydrogens is 406 g/mol. The maximum atomic E-state index is 12.1. The summed E-state index contributed by atoms with van der Waals surface area (Å²) in [5, 5.41) is 15.0. The summed E-state index contributed by atoms with van der Waals surface area (Å²) in [6.07, 6.45) is 0. The number of amides is 1. The minimum absolute atomic E-state index is 0.0378. The molecule has 3 rings (SSSR count). The summed E-state index contributed by atoms with van der Waals surface area (Å²) in [6.45, 7) is 0.506. The summed E-state index contributed by atoms with van der Waals surface area (Å²) >= 11 is 2.78. The summed E-state index contributed by atoms with van der Waals surface area (Å²) in [7, 11) is 5.63. The number of carbonyl (C=O) groups is 1. The van der Waals surface area contributed by atoms with Crippen molar-refractivity contribution in [3.63, 3.8) is 0 Å². The van der Waals surface area contributed by atoms with Crippen LogP contribution in [0.4, 0.5) is 16.5 Å². The van der Waals surface area contributed by atoms with Crippen molar-refractivity contribution in [3.05, 3.63) is 54.1 Å². The molecule has 1 aromatic heterocycles. The van der Waals surface area contributed by atoms with Gasteiger partial charge in [0.05, 0.1) is 12.9 Å². The van der Waals surface area contributed by atoms with Crippen molar-refractivity contribution in [2.75, 3.05) is 37.2 Å². The molecule has 7 nitrogen and oxygen atoms in total. The number of methoxy groups -OCH3 is 1. The molecule has 2 aromatic carbocycles. The normalized spacial score (nSPS) is 10.4. The Morgan fingerprint density at radius 1 is 1.17 bits per heavy atom. The van der Waals surface area contributed by atoms with Gasteiger partial charge >= 0.3 is 0 Å². The van der Waals surface area contributed by atoms with Gasteiger partial charge in [-0.25, -0.2) is 0 Å². The third kappa shape index (κ3) is 6.37. The van der Waals surface area contributed by atoms with Crippen LogP contribution in [0.5, 0.6) is 5.75 Å². The van der Waals surface area contributed by atoms with E-state index in [2.05, 4.69) is 20.8 Å². The fourth-order valence-electron chi connectivity index (χ4n) is 2.43. The van der Waals surface area contributed by atoms with Gasteiger partial charge in [0, 0.05) is 38.1 Å². The highest BCUT2D eigenvalue weighted by molar-refractivity contribution is 8.01. The predicted octanol–water partition coefficient (Wildman–Crippen LogP) is 3.76. The Hall–Kier alpha value is -2.78. The standard InChI is InChI=1S/C20H23N5O2S2/c1-25(2)16-9-7-14(8-10-16)12-21-18(26)13-28-20-24-23-19(29-20)22-15-5-4-6-17(11-15)27-3/h4-11H,12-13H2,1-3H3,(H,21,26)(H,22,23). The second kappa shape index (κ2) is 10.1. The molecule has 1 amide bonds. The van der Waals surface area contributed by atoms with Crippen LogP contribution in [0, 0.1) is 0 Å². The highest BCUT2D eigenvalue weighted by Gasteiger charge is 2.09. The van der Waals surface area contributed by atoms with Crippen molar-refractivity contribution in [2.24, 2.45) is 0 Å². The molecule has 0 spiro atoms. The van der Waals surface area contributed by atoms with E-state index in [-0.39, 0.29) is 5.91 Å². The molecule has 29 heavy (non-hydrogen) atoms. The van der Waals surface area contributed by atoms with Gasteiger partial charge < -0.3 is 20.3 Å². The van der Waals surface area contributed by atoms with Crippen molar-refractivity contribution in [1.82, 2.24) is 15.5 Å². The zero-order valence-electron chi connectivity index (χ0n) is 16.5. The van der Waals surface area contributed by atoms with E-state index in [1.165, 1.54) is 23.1 Å². The molecule has 0 radical (unpaired) electrons. The van der Waals surface area contributed by atoms with Gasteiger partial charge in [0.2, 0.25) is 11.0 Å². The fraction of sp³-hybridized carbons (Fsp3) is 0.250. The first-order valence-electron chi connectivity index (χ1n) is 8.94. The number of anilines is 3. The largest absolute Gasteiger partial charge is 0.497 e. The Kier molecular flexibility index (Phi) is 7.31. The molecule has 0 saturated heterocycles. The van der Waals surface area contributed by atoms with Crippen LogP contribution >= 0.6 is 23.1 Å². The zero-order chi connectivity index (χ0) is 20.6. The molecule has 1 heterocycles. The lowest BCUT2D eigenvalue weighted by Crippen LogP contribution is -2.24. The number of nitrogens with zero attached hydrogens (tertiary/aromatic N) is 3. The number of benzene rings is 2. The summed E-state index contributed by atoms with van der Waals surface area (Å²) in [6, 6.07) is 15.7. The van der Waals surface area contributed by atoms with Crippen LogP contribution in [0.2, 0.25) is 0 Å². The molecule has 0 aliphatic carbocycles. The van der Waals surface area contributed by atoms with Gasteiger partial charge in [0.15, 0.2) is 4.34 Å². The van der Waals surface area contributed by atoms with Crippen LogP contribution < -0.4 is 20.3 Å². The van der Waals surface area contributed by atoms with E-state index in [0.29, 0.717) is 17.4 Å². The van der Waals surface area contributed by atoms with Gasteiger partial charge in [-0.2, -0.15) is 0 Å². The highest BCUT2D eigenvalue weighted by Crippen LogP contribution is 2.28. The second-order valence-corrected chi connectivity index (χ2v) is 8.56. The molecule has 0 aliphatic rings. The van der Waals surface area contributed by atoms with Crippen LogP contribution in [0.25, 0.3) is 0 Å². The lowest BCUT2D eigenvalue weighted by molar-refractivity contribution is -0.118. The Balaban J connectivity index is 1.44. The molecule has 0 bridgehead atoms. The predicted molar refractivity (Wildman–Crippen MR) is 120 cm³/mol. The molecule has 0 fully saturated rings. The maximum Gasteiger partial charge on any atom is 0.230 e. The molecule has 152 valence electrons. The monoisotopic (exact) mass is 429 g/mol. The average Bonchev–Trinajstić information content (AvgIpc) is 3.18. The van der Waals surface area contributed by atoms with Gasteiger partial charge in [-0.3, -0.25) is 4.79 Å². The topological polar surface area (TPSA) is 79.4 Å². The van der Waals surface area contributed by atoms with E-state index in [9.17, 15) is 4.79 Å². The van der Waals surface area contributed by atoms with E-state index in [1.54, 1.807) is 7.11 Å². The minimum atomic E-state index is -0.0378. The van der Waals surface area contributed by atoms with Gasteiger partial charge in [-0.15, -0.1) is 10.2 Å². The molecular formula is C20H23N5O2S2. The van der Waals surface area contributed by atoms with Crippen molar-refractivity contribution in [2.45, 2.75) is 10.9 Å². The summed E-state index contributed by atoms with van der Waals surface area (Å²) in [5.74, 6) is 1.02. The number of thioether (sulfide) groups is 1. The van der Waals surface area contributed by atoms with Gasteiger partial charge in [0.1, 0.15) is 5.75 Å². The fourth-order valence-corrected chi connectivity index (χ4v) is 4.04. The Morgan fingerprint density at radius 3 is 2.69 bits per heavy atom. The minimum Gasteiger partial charge on any atom is -0.497 e. The smallest absolute Gasteiger partial charge is 0.230 e. The summed E-state index contributed by atoms with van der Waals surface area (Å²) in [4.78, 5) is 14.2. The molecule has 0 aliphatic heterocycles. The van der Waals surface area contributed by atoms with Gasteiger partial charge in [-0.1, -0.05) is 41.3 Å². The maximum absolute atomic E-state index is 12.1. The van der Waals surface area contributed by atoms with Crippen molar-refractivity contribution in [1.29, 1.82) is 0 Å². The van der Waals surface area contributed by atoms with Gasteiger partial charge in [-0.05, 0) is 29.8 Å². The number of carbonyl (C=O) groups excluding carboxylic acids is 1. The van der Waals surface area contributed by atoms with Crippen LogP contribution in [-0.2, 0) is 11.3 Å².